The molecule has 0 fully saturated rings. The molecule has 0 aliphatic heterocycles. The van der Waals surface area contributed by atoms with E-state index in [2.05, 4.69) is 110 Å². The molecule has 0 bridgehead atoms. The topological polar surface area (TPSA) is 0 Å². The van der Waals surface area contributed by atoms with Crippen LogP contribution in [0.5, 0.6) is 0 Å². The molecular weight excluding hydrogens is 516 g/mol. The third kappa shape index (κ3) is 3.08. The molecule has 0 saturated carbocycles. The molecule has 0 nitrogen and oxygen atoms in total. The molecule has 0 heteroatoms. The highest BCUT2D eigenvalue weighted by atomic mass is 14.4. The second-order valence-corrected chi connectivity index (χ2v) is 14.1. The smallest absolute Gasteiger partial charge is 0.00114 e. The normalized spacial score (nSPS) is 12.5. The van der Waals surface area contributed by atoms with Gasteiger partial charge in [0, 0.05) is 0 Å². The first kappa shape index (κ1) is 28.1. The number of hydrogen-bond donors (Lipinski definition) is 0. The van der Waals surface area contributed by atoms with Gasteiger partial charge in [0.2, 0.25) is 0 Å². The van der Waals surface area contributed by atoms with Crippen LogP contribution in [0.25, 0.3) is 65.3 Å². The lowest BCUT2D eigenvalue weighted by Gasteiger charge is -2.23. The van der Waals surface area contributed by atoms with Crippen molar-refractivity contribution >= 4 is 43.1 Å². The molecule has 1 aliphatic carbocycles. The minimum atomic E-state index is 1.40. The molecule has 0 radical (unpaired) electrons. The van der Waals surface area contributed by atoms with E-state index in [1.807, 2.05) is 0 Å². The zero-order valence-electron chi connectivity index (χ0n) is 29.1. The molecule has 0 N–H and O–H groups in total. The van der Waals surface area contributed by atoms with Crippen molar-refractivity contribution in [3.05, 3.63) is 89.5 Å². The molecule has 0 amide bonds. The summed E-state index contributed by atoms with van der Waals surface area (Å²) in [5, 5.41) is 11.7. The Labute approximate surface area is 258 Å². The number of rotatable bonds is 0. The summed E-state index contributed by atoms with van der Waals surface area (Å²) in [7, 11) is 0. The molecular formula is C43H46. The third-order valence-electron chi connectivity index (χ3n) is 12.6. The lowest BCUT2D eigenvalue weighted by molar-refractivity contribution is 1.24. The lowest BCUT2D eigenvalue weighted by atomic mass is 9.80. The van der Waals surface area contributed by atoms with Crippen molar-refractivity contribution in [2.24, 2.45) is 0 Å². The molecule has 0 aromatic heterocycles. The van der Waals surface area contributed by atoms with Gasteiger partial charge >= 0.3 is 0 Å². The second-order valence-electron chi connectivity index (χ2n) is 14.1. The van der Waals surface area contributed by atoms with Crippen LogP contribution in [0.4, 0.5) is 0 Å². The maximum atomic E-state index is 2.49. The number of fused-ring (bicyclic) bond motifs is 8. The SMILES string of the molecule is Cc1c(C)c(C)c2c(cc(C)c3c4c(C)c(C)c(C)c5c4c(c(C)c23)-c2c-5c(C)c3c(C)c(C)c(C)c(C)c3c2C)c1C. The molecule has 6 aromatic rings. The van der Waals surface area contributed by atoms with Crippen molar-refractivity contribution in [1.29, 1.82) is 0 Å². The van der Waals surface area contributed by atoms with E-state index >= 15 is 0 Å². The van der Waals surface area contributed by atoms with Crippen molar-refractivity contribution in [2.75, 3.05) is 0 Å². The van der Waals surface area contributed by atoms with Gasteiger partial charge in [-0.1, -0.05) is 6.07 Å². The van der Waals surface area contributed by atoms with E-state index in [0.717, 1.165) is 0 Å². The van der Waals surface area contributed by atoms with Crippen LogP contribution in [0.15, 0.2) is 6.07 Å². The minimum absolute atomic E-state index is 1.40. The molecule has 0 unspecified atom stereocenters. The number of benzene rings is 6. The van der Waals surface area contributed by atoms with Crippen LogP contribution < -0.4 is 0 Å². The molecule has 43 heavy (non-hydrogen) atoms. The van der Waals surface area contributed by atoms with Gasteiger partial charge in [-0.3, -0.25) is 0 Å². The number of aryl methyl sites for hydroxylation is 9. The highest BCUT2D eigenvalue weighted by Gasteiger charge is 2.34. The van der Waals surface area contributed by atoms with Crippen LogP contribution in [0.1, 0.15) is 83.5 Å². The first-order valence-electron chi connectivity index (χ1n) is 16.1. The molecule has 6 aromatic carbocycles. The summed E-state index contributed by atoms with van der Waals surface area (Å²) in [6, 6.07) is 2.49. The van der Waals surface area contributed by atoms with Gasteiger partial charge in [0.1, 0.15) is 0 Å². The Morgan fingerprint density at radius 2 is 0.581 bits per heavy atom. The van der Waals surface area contributed by atoms with Crippen molar-refractivity contribution in [3.63, 3.8) is 0 Å². The highest BCUT2D eigenvalue weighted by molar-refractivity contribution is 6.33. The van der Waals surface area contributed by atoms with E-state index < -0.39 is 0 Å². The van der Waals surface area contributed by atoms with Gasteiger partial charge in [-0.05, 0) is 253 Å². The highest BCUT2D eigenvalue weighted by Crippen LogP contribution is 2.59. The Hall–Kier alpha value is -3.64. The van der Waals surface area contributed by atoms with Crippen LogP contribution in [-0.4, -0.2) is 0 Å². The van der Waals surface area contributed by atoms with E-state index in [9.17, 15) is 0 Å². The molecule has 7 rings (SSSR count). The van der Waals surface area contributed by atoms with Crippen LogP contribution >= 0.6 is 0 Å². The summed E-state index contributed by atoms with van der Waals surface area (Å²) in [4.78, 5) is 0. The zero-order chi connectivity index (χ0) is 31.3. The summed E-state index contributed by atoms with van der Waals surface area (Å²) < 4.78 is 0. The van der Waals surface area contributed by atoms with Gasteiger partial charge in [-0.2, -0.15) is 0 Å². The summed E-state index contributed by atoms with van der Waals surface area (Å²) in [6.45, 7) is 35.3. The summed E-state index contributed by atoms with van der Waals surface area (Å²) in [5.41, 5.74) is 27.5. The Kier molecular flexibility index (Phi) is 5.71. The average Bonchev–Trinajstić information content (AvgIpc) is 3.34. The molecule has 0 saturated heterocycles. The van der Waals surface area contributed by atoms with E-state index in [-0.39, 0.29) is 0 Å². The Bertz CT molecular complexity index is 2350. The van der Waals surface area contributed by atoms with E-state index in [0.29, 0.717) is 0 Å². The maximum absolute atomic E-state index is 2.49. The minimum Gasteiger partial charge on any atom is -0.0505 e. The fraction of sp³-hybridized carbons (Fsp3) is 0.349. The Balaban J connectivity index is 1.89. The summed E-state index contributed by atoms with van der Waals surface area (Å²) >= 11 is 0. The van der Waals surface area contributed by atoms with Crippen LogP contribution in [0.3, 0.4) is 0 Å². The standard InChI is InChI=1S/C43H46/c1-17-16-32-23(7)18(2)19(3)26(10)36(32)39-31(15)42-41-30(14)35-25(9)21(5)20(4)24(8)34(35)29(13)40(41)38-28(12)22(6)27(11)37(33(17)39)43(38)42/h16H,1-15H3. The van der Waals surface area contributed by atoms with Gasteiger partial charge in [-0.25, -0.2) is 0 Å². The summed E-state index contributed by atoms with van der Waals surface area (Å²) in [5.74, 6) is 0. The second kappa shape index (κ2) is 8.72. The fourth-order valence-corrected chi connectivity index (χ4v) is 9.31. The van der Waals surface area contributed by atoms with E-state index in [1.54, 1.807) is 0 Å². The third-order valence-corrected chi connectivity index (χ3v) is 12.6. The summed E-state index contributed by atoms with van der Waals surface area (Å²) in [6.07, 6.45) is 0. The van der Waals surface area contributed by atoms with Gasteiger partial charge in [0.15, 0.2) is 0 Å². The van der Waals surface area contributed by atoms with Crippen LogP contribution in [0, 0.1) is 104 Å². The Morgan fingerprint density at radius 1 is 0.233 bits per heavy atom. The quantitative estimate of drug-likeness (QED) is 0.161. The van der Waals surface area contributed by atoms with Gasteiger partial charge in [0.25, 0.3) is 0 Å². The molecule has 218 valence electrons. The van der Waals surface area contributed by atoms with Crippen LogP contribution in [0.2, 0.25) is 0 Å². The Morgan fingerprint density at radius 3 is 1.09 bits per heavy atom. The fourth-order valence-electron chi connectivity index (χ4n) is 9.31. The van der Waals surface area contributed by atoms with Crippen molar-refractivity contribution in [3.8, 4) is 22.3 Å². The predicted octanol–water partition coefficient (Wildman–Crippen LogP) is 12.6. The van der Waals surface area contributed by atoms with Crippen molar-refractivity contribution in [2.45, 2.75) is 104 Å². The van der Waals surface area contributed by atoms with E-state index in [1.165, 1.54) is 149 Å². The molecule has 1 aliphatic rings. The number of hydrogen-bond acceptors (Lipinski definition) is 0. The van der Waals surface area contributed by atoms with Gasteiger partial charge < -0.3 is 0 Å². The monoisotopic (exact) mass is 562 g/mol. The van der Waals surface area contributed by atoms with Crippen LogP contribution in [-0.2, 0) is 0 Å². The van der Waals surface area contributed by atoms with Gasteiger partial charge in [-0.15, -0.1) is 0 Å². The van der Waals surface area contributed by atoms with Crippen molar-refractivity contribution < 1.29 is 0 Å². The van der Waals surface area contributed by atoms with Gasteiger partial charge in [0.05, 0.1) is 0 Å². The molecule has 0 heterocycles. The van der Waals surface area contributed by atoms with E-state index in [4.69, 9.17) is 0 Å². The predicted molar refractivity (Wildman–Crippen MR) is 192 cm³/mol. The maximum Gasteiger partial charge on any atom is -0.00114 e. The molecule has 0 spiro atoms. The zero-order valence-corrected chi connectivity index (χ0v) is 29.1. The lowest BCUT2D eigenvalue weighted by Crippen LogP contribution is -2.01. The van der Waals surface area contributed by atoms with Crippen molar-refractivity contribution in [1.82, 2.24) is 0 Å². The molecule has 0 atom stereocenters. The largest absolute Gasteiger partial charge is 0.0505 e. The first-order valence-corrected chi connectivity index (χ1v) is 16.1. The average molecular weight is 563 g/mol. The first-order chi connectivity index (χ1) is 20.1.